The fourth-order valence-electron chi connectivity index (χ4n) is 4.23. The first-order valence-corrected chi connectivity index (χ1v) is 16.1. The highest BCUT2D eigenvalue weighted by atomic mass is 16.5. The Morgan fingerprint density at radius 3 is 1.71 bits per heavy atom. The number of aryl methyl sites for hydroxylation is 1. The number of rotatable bonds is 16. The van der Waals surface area contributed by atoms with E-state index in [1.165, 1.54) is 34.7 Å². The molecule has 0 saturated carbocycles. The van der Waals surface area contributed by atoms with Gasteiger partial charge in [0.05, 0.1) is 13.2 Å². The van der Waals surface area contributed by atoms with Crippen molar-refractivity contribution in [2.75, 3.05) is 13.2 Å². The van der Waals surface area contributed by atoms with E-state index < -0.39 is 5.97 Å². The summed E-state index contributed by atoms with van der Waals surface area (Å²) in [6.07, 6.45) is 13.7. The van der Waals surface area contributed by atoms with Crippen LogP contribution in [-0.4, -0.2) is 31.1 Å². The number of esters is 3. The van der Waals surface area contributed by atoms with E-state index in [0.29, 0.717) is 13.2 Å². The average molecular weight is 647 g/mol. The Labute approximate surface area is 285 Å². The molecule has 250 valence electrons. The molecular weight excluding hydrogens is 600 g/mol. The van der Waals surface area contributed by atoms with E-state index >= 15 is 0 Å². The topological polar surface area (TPSA) is 78.9 Å². The Morgan fingerprint density at radius 1 is 0.542 bits per heavy atom. The van der Waals surface area contributed by atoms with Crippen LogP contribution < -0.4 is 0 Å². The SMILES string of the molecule is C=CC(=O)OCCCC/C=C/c1ccccc1.C=CC(=O)OCCCCc1ccccc1.C=CC(=O)OCc1ccc2ccccc2c1. The van der Waals surface area contributed by atoms with Gasteiger partial charge in [-0.15, -0.1) is 0 Å². The number of fused-ring (bicyclic) bond motifs is 1. The van der Waals surface area contributed by atoms with E-state index in [9.17, 15) is 14.4 Å². The maximum absolute atomic E-state index is 10.9. The number of hydrogen-bond donors (Lipinski definition) is 0. The Kier molecular flexibility index (Phi) is 19.9. The monoisotopic (exact) mass is 646 g/mol. The standard InChI is InChI=1S/C15H18O2.C14H12O2.C13H16O2/c1-2-15(16)17-13-9-4-3-6-10-14-11-7-5-8-12-14;1-2-14(15)16-10-11-7-8-12-5-3-4-6-13(12)9-11;1-2-13(14)15-11-7-6-10-12-8-4-3-5-9-12/h2,5-8,10-12H,1,3-4,9,13H2;2-9H,1,10H2;2-5,8-9H,1,6-7,10-11H2/b10-6+;;. The Hall–Kier alpha value is -5.49. The van der Waals surface area contributed by atoms with E-state index in [2.05, 4.69) is 62.2 Å². The summed E-state index contributed by atoms with van der Waals surface area (Å²) in [6.45, 7) is 11.3. The Balaban J connectivity index is 0.000000251. The first kappa shape index (κ1) is 38.7. The molecule has 48 heavy (non-hydrogen) atoms. The highest BCUT2D eigenvalue weighted by Gasteiger charge is 2.00. The summed E-state index contributed by atoms with van der Waals surface area (Å²) >= 11 is 0. The summed E-state index contributed by atoms with van der Waals surface area (Å²) in [7, 11) is 0. The number of unbranched alkanes of at least 4 members (excludes halogenated alkanes) is 3. The number of carbonyl (C=O) groups is 3. The summed E-state index contributed by atoms with van der Waals surface area (Å²) in [5.74, 6) is -1.08. The van der Waals surface area contributed by atoms with Crippen LogP contribution in [0.2, 0.25) is 0 Å². The molecule has 4 aromatic rings. The van der Waals surface area contributed by atoms with E-state index in [1.807, 2.05) is 72.8 Å². The normalized spacial score (nSPS) is 10.0. The van der Waals surface area contributed by atoms with Crippen molar-refractivity contribution in [1.82, 2.24) is 0 Å². The molecule has 0 atom stereocenters. The number of ether oxygens (including phenoxy) is 3. The molecule has 0 bridgehead atoms. The number of benzene rings is 4. The molecule has 6 nitrogen and oxygen atoms in total. The smallest absolute Gasteiger partial charge is 0.330 e. The van der Waals surface area contributed by atoms with Crippen LogP contribution in [0.25, 0.3) is 16.8 Å². The zero-order chi connectivity index (χ0) is 34.7. The van der Waals surface area contributed by atoms with Crippen molar-refractivity contribution in [3.05, 3.63) is 164 Å². The van der Waals surface area contributed by atoms with Crippen LogP contribution in [0.3, 0.4) is 0 Å². The lowest BCUT2D eigenvalue weighted by molar-refractivity contribution is -0.139. The van der Waals surface area contributed by atoms with Crippen molar-refractivity contribution in [2.24, 2.45) is 0 Å². The van der Waals surface area contributed by atoms with Crippen molar-refractivity contribution in [2.45, 2.75) is 45.1 Å². The molecule has 0 spiro atoms. The number of allylic oxidation sites excluding steroid dienone is 1. The van der Waals surface area contributed by atoms with Crippen LogP contribution in [0.1, 0.15) is 48.8 Å². The quantitative estimate of drug-likeness (QED) is 0.0522. The summed E-state index contributed by atoms with van der Waals surface area (Å²) in [5.41, 5.74) is 3.52. The van der Waals surface area contributed by atoms with E-state index in [0.717, 1.165) is 49.5 Å². The van der Waals surface area contributed by atoms with Crippen molar-refractivity contribution < 1.29 is 28.6 Å². The van der Waals surface area contributed by atoms with Gasteiger partial charge >= 0.3 is 17.9 Å². The van der Waals surface area contributed by atoms with Gasteiger partial charge < -0.3 is 14.2 Å². The van der Waals surface area contributed by atoms with Crippen molar-refractivity contribution >= 4 is 34.8 Å². The van der Waals surface area contributed by atoms with Crippen LogP contribution in [0.4, 0.5) is 0 Å². The van der Waals surface area contributed by atoms with Crippen molar-refractivity contribution in [1.29, 1.82) is 0 Å². The molecule has 0 unspecified atom stereocenters. The molecule has 0 N–H and O–H groups in total. The molecule has 4 aromatic carbocycles. The molecule has 0 fully saturated rings. The van der Waals surface area contributed by atoms with Gasteiger partial charge in [0.1, 0.15) is 6.61 Å². The van der Waals surface area contributed by atoms with Crippen LogP contribution >= 0.6 is 0 Å². The van der Waals surface area contributed by atoms with Gasteiger partial charge in [0.15, 0.2) is 0 Å². The molecule has 0 aromatic heterocycles. The third-order valence-electron chi connectivity index (χ3n) is 6.76. The van der Waals surface area contributed by atoms with Crippen LogP contribution in [0.5, 0.6) is 0 Å². The molecule has 4 rings (SSSR count). The van der Waals surface area contributed by atoms with E-state index in [1.54, 1.807) is 0 Å². The number of hydrogen-bond acceptors (Lipinski definition) is 6. The molecule has 0 aliphatic rings. The minimum Gasteiger partial charge on any atom is -0.463 e. The van der Waals surface area contributed by atoms with Gasteiger partial charge in [0.2, 0.25) is 0 Å². The Morgan fingerprint density at radius 2 is 1.08 bits per heavy atom. The second-order valence-electron chi connectivity index (χ2n) is 10.5. The number of carbonyl (C=O) groups excluding carboxylic acids is 3. The molecule has 0 heterocycles. The fraction of sp³-hybridized carbons (Fsp3) is 0.214. The van der Waals surface area contributed by atoms with Crippen molar-refractivity contribution in [3.8, 4) is 0 Å². The average Bonchev–Trinajstić information content (AvgIpc) is 3.14. The van der Waals surface area contributed by atoms with Crippen LogP contribution in [-0.2, 0) is 41.6 Å². The molecule has 0 amide bonds. The summed E-state index contributed by atoms with van der Waals surface area (Å²) in [4.78, 5) is 32.3. The second kappa shape index (κ2) is 24.7. The minimum absolute atomic E-state index is 0.287. The van der Waals surface area contributed by atoms with Crippen molar-refractivity contribution in [3.63, 3.8) is 0 Å². The zero-order valence-corrected chi connectivity index (χ0v) is 27.6. The van der Waals surface area contributed by atoms with Gasteiger partial charge in [-0.1, -0.05) is 129 Å². The van der Waals surface area contributed by atoms with E-state index in [-0.39, 0.29) is 18.5 Å². The third kappa shape index (κ3) is 17.9. The van der Waals surface area contributed by atoms with E-state index in [4.69, 9.17) is 14.2 Å². The van der Waals surface area contributed by atoms with Gasteiger partial charge in [-0.2, -0.15) is 0 Å². The highest BCUT2D eigenvalue weighted by Crippen LogP contribution is 2.16. The molecule has 6 heteroatoms. The highest BCUT2D eigenvalue weighted by molar-refractivity contribution is 5.84. The predicted octanol–water partition coefficient (Wildman–Crippen LogP) is 9.41. The summed E-state index contributed by atoms with van der Waals surface area (Å²) in [6, 6.07) is 34.6. The second-order valence-corrected chi connectivity index (χ2v) is 10.5. The van der Waals surface area contributed by atoms with Crippen LogP contribution in [0.15, 0.2) is 147 Å². The van der Waals surface area contributed by atoms with Gasteiger partial charge in [-0.3, -0.25) is 0 Å². The van der Waals surface area contributed by atoms with Gasteiger partial charge in [0.25, 0.3) is 0 Å². The van der Waals surface area contributed by atoms with Gasteiger partial charge in [0, 0.05) is 18.2 Å². The molecule has 0 saturated heterocycles. The molecule has 0 radical (unpaired) electrons. The molecule has 0 aliphatic carbocycles. The lowest BCUT2D eigenvalue weighted by Gasteiger charge is -2.04. The largest absolute Gasteiger partial charge is 0.463 e. The minimum atomic E-state index is -0.395. The summed E-state index contributed by atoms with van der Waals surface area (Å²) in [5, 5.41) is 2.33. The third-order valence-corrected chi connectivity index (χ3v) is 6.76. The predicted molar refractivity (Wildman–Crippen MR) is 195 cm³/mol. The van der Waals surface area contributed by atoms with Gasteiger partial charge in [-0.05, 0) is 72.1 Å². The maximum Gasteiger partial charge on any atom is 0.330 e. The lowest BCUT2D eigenvalue weighted by Crippen LogP contribution is -2.02. The fourth-order valence-corrected chi connectivity index (χ4v) is 4.23. The van der Waals surface area contributed by atoms with Crippen LogP contribution in [0, 0.1) is 0 Å². The maximum atomic E-state index is 10.9. The van der Waals surface area contributed by atoms with Gasteiger partial charge in [-0.25, -0.2) is 14.4 Å². The molecular formula is C42H46O6. The zero-order valence-electron chi connectivity index (χ0n) is 27.6. The lowest BCUT2D eigenvalue weighted by atomic mass is 10.1. The first-order chi connectivity index (χ1) is 23.4. The Bertz CT molecular complexity index is 1570. The summed E-state index contributed by atoms with van der Waals surface area (Å²) < 4.78 is 14.7. The molecule has 0 aliphatic heterocycles. The first-order valence-electron chi connectivity index (χ1n) is 16.1.